The van der Waals surface area contributed by atoms with Crippen molar-refractivity contribution in [2.45, 2.75) is 51.9 Å². The van der Waals surface area contributed by atoms with Crippen molar-refractivity contribution in [2.24, 2.45) is 0 Å². The Bertz CT molecular complexity index is 907. The van der Waals surface area contributed by atoms with Gasteiger partial charge in [-0.2, -0.15) is 0 Å². The normalized spacial score (nSPS) is 10.1. The molecule has 0 aliphatic heterocycles. The van der Waals surface area contributed by atoms with Gasteiger partial charge < -0.3 is 14.8 Å². The fourth-order valence-corrected chi connectivity index (χ4v) is 3.25. The van der Waals surface area contributed by atoms with Crippen molar-refractivity contribution in [3.8, 4) is 23.3 Å². The van der Waals surface area contributed by atoms with Gasteiger partial charge in [0, 0.05) is 17.7 Å². The van der Waals surface area contributed by atoms with Crippen LogP contribution < -0.4 is 14.8 Å². The number of ether oxygens (including phenoxy) is 2. The van der Waals surface area contributed by atoms with Crippen LogP contribution in [0.15, 0.2) is 55.1 Å². The number of hydrogen-bond donors (Lipinski definition) is 1. The number of aryl methyl sites for hydroxylation is 1. The highest BCUT2D eigenvalue weighted by Crippen LogP contribution is 2.22. The molecule has 0 aromatic heterocycles. The van der Waals surface area contributed by atoms with Gasteiger partial charge in [-0.1, -0.05) is 50.7 Å². The number of nitrogens with one attached hydrogen (secondary N) is 1. The van der Waals surface area contributed by atoms with Gasteiger partial charge in [0.05, 0.1) is 13.7 Å². The molecule has 0 saturated heterocycles. The Balaban J connectivity index is 1.83. The lowest BCUT2D eigenvalue weighted by atomic mass is 10.0. The smallest absolute Gasteiger partial charge is 0.243 e. The number of amides is 1. The first-order valence-corrected chi connectivity index (χ1v) is 11.5. The quantitative estimate of drug-likeness (QED) is 0.251. The van der Waals surface area contributed by atoms with E-state index in [1.165, 1.54) is 37.3 Å². The van der Waals surface area contributed by atoms with E-state index >= 15 is 0 Å². The molecule has 0 bridgehead atoms. The van der Waals surface area contributed by atoms with Gasteiger partial charge in [0.15, 0.2) is 0 Å². The summed E-state index contributed by atoms with van der Waals surface area (Å²) in [6.45, 7) is 6.90. The average Bonchev–Trinajstić information content (AvgIpc) is 2.83. The number of carbonyl (C=O) groups is 1. The SMILES string of the molecule is C=CC(=O)NCCCCOc1ccc(C#Cc2ccc(CCCCCC)c(OC)c2)cc1. The lowest BCUT2D eigenvalue weighted by Gasteiger charge is -2.09. The van der Waals surface area contributed by atoms with Crippen molar-refractivity contribution in [2.75, 3.05) is 20.3 Å². The zero-order valence-electron chi connectivity index (χ0n) is 19.4. The summed E-state index contributed by atoms with van der Waals surface area (Å²) in [4.78, 5) is 11.1. The molecule has 32 heavy (non-hydrogen) atoms. The lowest BCUT2D eigenvalue weighted by molar-refractivity contribution is -0.116. The summed E-state index contributed by atoms with van der Waals surface area (Å²) in [6.07, 6.45) is 9.04. The molecule has 0 fully saturated rings. The van der Waals surface area contributed by atoms with Crippen molar-refractivity contribution < 1.29 is 14.3 Å². The van der Waals surface area contributed by atoms with Gasteiger partial charge >= 0.3 is 0 Å². The van der Waals surface area contributed by atoms with Crippen LogP contribution in [-0.4, -0.2) is 26.2 Å². The van der Waals surface area contributed by atoms with Crippen LogP contribution in [0.5, 0.6) is 11.5 Å². The molecule has 4 nitrogen and oxygen atoms in total. The Labute approximate surface area is 193 Å². The summed E-state index contributed by atoms with van der Waals surface area (Å²) < 4.78 is 11.3. The predicted molar refractivity (Wildman–Crippen MR) is 131 cm³/mol. The predicted octanol–water partition coefficient (Wildman–Crippen LogP) is 5.68. The Kier molecular flexibility index (Phi) is 11.6. The molecule has 1 amide bonds. The molecule has 0 atom stereocenters. The minimum absolute atomic E-state index is 0.139. The summed E-state index contributed by atoms with van der Waals surface area (Å²) in [6, 6.07) is 14.0. The number of methoxy groups -OCH3 is 1. The molecule has 0 saturated carbocycles. The third kappa shape index (κ3) is 9.31. The summed E-state index contributed by atoms with van der Waals surface area (Å²) in [5.74, 6) is 8.03. The lowest BCUT2D eigenvalue weighted by Crippen LogP contribution is -2.22. The zero-order valence-corrected chi connectivity index (χ0v) is 19.4. The average molecular weight is 434 g/mol. The number of benzene rings is 2. The molecular formula is C28H35NO3. The highest BCUT2D eigenvalue weighted by molar-refractivity contribution is 5.86. The van der Waals surface area contributed by atoms with Gasteiger partial charge in [-0.05, 0) is 73.7 Å². The molecule has 2 aromatic carbocycles. The first-order chi connectivity index (χ1) is 15.7. The third-order valence-electron chi connectivity index (χ3n) is 5.12. The van der Waals surface area contributed by atoms with Crippen LogP contribution >= 0.6 is 0 Å². The van der Waals surface area contributed by atoms with Crippen molar-refractivity contribution in [1.82, 2.24) is 5.32 Å². The number of hydrogen-bond acceptors (Lipinski definition) is 3. The second-order valence-electron chi connectivity index (χ2n) is 7.66. The molecule has 0 aliphatic carbocycles. The van der Waals surface area contributed by atoms with Gasteiger partial charge in [0.1, 0.15) is 11.5 Å². The van der Waals surface area contributed by atoms with Gasteiger partial charge in [-0.15, -0.1) is 0 Å². The Morgan fingerprint density at radius 2 is 1.75 bits per heavy atom. The van der Waals surface area contributed by atoms with E-state index in [4.69, 9.17) is 9.47 Å². The van der Waals surface area contributed by atoms with E-state index in [1.807, 2.05) is 30.3 Å². The number of rotatable bonds is 13. The molecule has 2 aromatic rings. The van der Waals surface area contributed by atoms with Crippen molar-refractivity contribution in [3.63, 3.8) is 0 Å². The van der Waals surface area contributed by atoms with Crippen LogP contribution in [0, 0.1) is 11.8 Å². The maximum Gasteiger partial charge on any atom is 0.243 e. The van der Waals surface area contributed by atoms with Crippen LogP contribution in [0.4, 0.5) is 0 Å². The van der Waals surface area contributed by atoms with Gasteiger partial charge in [0.2, 0.25) is 5.91 Å². The maximum absolute atomic E-state index is 11.1. The number of unbranched alkanes of at least 4 members (excludes halogenated alkanes) is 4. The number of carbonyl (C=O) groups excluding carboxylic acids is 1. The maximum atomic E-state index is 11.1. The monoisotopic (exact) mass is 433 g/mol. The topological polar surface area (TPSA) is 47.6 Å². The van der Waals surface area contributed by atoms with Crippen LogP contribution in [0.25, 0.3) is 0 Å². The summed E-state index contributed by atoms with van der Waals surface area (Å²) >= 11 is 0. The minimum atomic E-state index is -0.139. The van der Waals surface area contributed by atoms with Crippen molar-refractivity contribution >= 4 is 5.91 Å². The largest absolute Gasteiger partial charge is 0.496 e. The fourth-order valence-electron chi connectivity index (χ4n) is 3.25. The van der Waals surface area contributed by atoms with E-state index in [9.17, 15) is 4.79 Å². The molecule has 170 valence electrons. The molecule has 0 unspecified atom stereocenters. The highest BCUT2D eigenvalue weighted by atomic mass is 16.5. The van der Waals surface area contributed by atoms with E-state index in [0.717, 1.165) is 41.9 Å². The van der Waals surface area contributed by atoms with Crippen LogP contribution in [-0.2, 0) is 11.2 Å². The van der Waals surface area contributed by atoms with E-state index in [1.54, 1.807) is 7.11 Å². The zero-order chi connectivity index (χ0) is 23.0. The molecule has 4 heteroatoms. The first-order valence-electron chi connectivity index (χ1n) is 11.5. The van der Waals surface area contributed by atoms with Crippen LogP contribution in [0.3, 0.4) is 0 Å². The Morgan fingerprint density at radius 1 is 1.00 bits per heavy atom. The summed E-state index contributed by atoms with van der Waals surface area (Å²) in [5, 5.41) is 2.75. The van der Waals surface area contributed by atoms with Crippen LogP contribution in [0.1, 0.15) is 62.1 Å². The van der Waals surface area contributed by atoms with Crippen molar-refractivity contribution in [1.29, 1.82) is 0 Å². The molecule has 2 rings (SSSR count). The van der Waals surface area contributed by atoms with E-state index in [-0.39, 0.29) is 5.91 Å². The van der Waals surface area contributed by atoms with Gasteiger partial charge in [-0.3, -0.25) is 4.79 Å². The molecule has 0 heterocycles. The fraction of sp³-hybridized carbons (Fsp3) is 0.393. The second kappa shape index (κ2) is 14.8. The molecule has 0 radical (unpaired) electrons. The van der Waals surface area contributed by atoms with Gasteiger partial charge in [-0.25, -0.2) is 0 Å². The molecular weight excluding hydrogens is 398 g/mol. The van der Waals surface area contributed by atoms with Gasteiger partial charge in [0.25, 0.3) is 0 Å². The molecule has 0 aliphatic rings. The molecule has 1 N–H and O–H groups in total. The second-order valence-corrected chi connectivity index (χ2v) is 7.66. The highest BCUT2D eigenvalue weighted by Gasteiger charge is 2.04. The Morgan fingerprint density at radius 3 is 2.47 bits per heavy atom. The standard InChI is InChI=1S/C28H35NO3/c1-4-6-7-8-11-25-17-14-24(22-27(25)31-3)13-12-23-15-18-26(19-16-23)32-21-10-9-20-29-28(30)5-2/h5,14-19,22H,2,4,6-11,20-21H2,1,3H3,(H,29,30). The summed E-state index contributed by atoms with van der Waals surface area (Å²) in [7, 11) is 1.72. The van der Waals surface area contributed by atoms with Crippen molar-refractivity contribution in [3.05, 3.63) is 71.8 Å². The van der Waals surface area contributed by atoms with E-state index in [2.05, 4.69) is 42.8 Å². The Hall–Kier alpha value is -3.19. The van der Waals surface area contributed by atoms with E-state index < -0.39 is 0 Å². The third-order valence-corrected chi connectivity index (χ3v) is 5.12. The minimum Gasteiger partial charge on any atom is -0.496 e. The first kappa shape index (κ1) is 25.1. The van der Waals surface area contributed by atoms with Crippen LogP contribution in [0.2, 0.25) is 0 Å². The molecule has 0 spiro atoms. The van der Waals surface area contributed by atoms with E-state index in [0.29, 0.717) is 13.2 Å². The summed E-state index contributed by atoms with van der Waals surface area (Å²) in [5.41, 5.74) is 3.13.